The molecule has 2 heterocycles. The van der Waals surface area contributed by atoms with Crippen molar-refractivity contribution in [1.82, 2.24) is 4.90 Å². The molecular weight excluding hydrogens is 364 g/mol. The first-order valence-corrected chi connectivity index (χ1v) is 8.67. The molecule has 2 amide bonds. The highest BCUT2D eigenvalue weighted by Gasteiger charge is 2.28. The standard InChI is InChI=1S/C17H19ClN2O6/c18-12-6-11(7-13-15(12)25-5-4-24-13)17(23)26-9-14(21)20-3-1-2-10(8-20)16(19)22/h6-7,10H,1-5,8-9H2,(H2,19,22)/t10-/m1/s1. The Balaban J connectivity index is 1.59. The first-order valence-electron chi connectivity index (χ1n) is 8.29. The third-order valence-corrected chi connectivity index (χ3v) is 4.62. The molecule has 9 heteroatoms. The van der Waals surface area contributed by atoms with E-state index in [4.69, 9.17) is 31.5 Å². The average molecular weight is 383 g/mol. The fourth-order valence-electron chi connectivity index (χ4n) is 2.97. The predicted octanol–water partition coefficient (Wildman–Crippen LogP) is 0.992. The van der Waals surface area contributed by atoms with Gasteiger partial charge in [-0.25, -0.2) is 4.79 Å². The summed E-state index contributed by atoms with van der Waals surface area (Å²) in [6.45, 7) is 1.08. The molecule has 0 aliphatic carbocycles. The quantitative estimate of drug-likeness (QED) is 0.778. The summed E-state index contributed by atoms with van der Waals surface area (Å²) in [7, 11) is 0. The molecule has 1 fully saturated rings. The first kappa shape index (κ1) is 18.3. The summed E-state index contributed by atoms with van der Waals surface area (Å²) >= 11 is 6.09. The molecule has 1 aromatic rings. The van der Waals surface area contributed by atoms with E-state index in [-0.39, 0.29) is 29.0 Å². The van der Waals surface area contributed by atoms with Crippen LogP contribution in [0.2, 0.25) is 5.02 Å². The molecule has 1 saturated heterocycles. The van der Waals surface area contributed by atoms with E-state index in [2.05, 4.69) is 0 Å². The van der Waals surface area contributed by atoms with Crippen molar-refractivity contribution in [2.24, 2.45) is 11.7 Å². The van der Waals surface area contributed by atoms with E-state index in [1.807, 2.05) is 0 Å². The maximum Gasteiger partial charge on any atom is 0.338 e. The highest BCUT2D eigenvalue weighted by molar-refractivity contribution is 6.32. The number of ether oxygens (including phenoxy) is 3. The van der Waals surface area contributed by atoms with E-state index < -0.39 is 18.5 Å². The maximum atomic E-state index is 12.2. The third-order valence-electron chi connectivity index (χ3n) is 4.34. The van der Waals surface area contributed by atoms with Crippen LogP contribution in [-0.4, -0.2) is 55.6 Å². The summed E-state index contributed by atoms with van der Waals surface area (Å²) in [6, 6.07) is 2.88. The van der Waals surface area contributed by atoms with Crippen LogP contribution in [0.5, 0.6) is 11.5 Å². The molecule has 2 aliphatic rings. The molecule has 2 aliphatic heterocycles. The van der Waals surface area contributed by atoms with Gasteiger partial charge in [-0.2, -0.15) is 0 Å². The van der Waals surface area contributed by atoms with Gasteiger partial charge in [0, 0.05) is 13.1 Å². The van der Waals surface area contributed by atoms with Gasteiger partial charge in [-0.3, -0.25) is 9.59 Å². The Morgan fingerprint density at radius 1 is 1.27 bits per heavy atom. The maximum absolute atomic E-state index is 12.2. The molecule has 0 spiro atoms. The Bertz CT molecular complexity index is 738. The number of fused-ring (bicyclic) bond motifs is 1. The largest absolute Gasteiger partial charge is 0.486 e. The molecule has 1 atom stereocenters. The molecule has 0 saturated carbocycles. The lowest BCUT2D eigenvalue weighted by atomic mass is 9.97. The fourth-order valence-corrected chi connectivity index (χ4v) is 3.23. The van der Waals surface area contributed by atoms with Gasteiger partial charge in [0.15, 0.2) is 18.1 Å². The Morgan fingerprint density at radius 3 is 2.81 bits per heavy atom. The van der Waals surface area contributed by atoms with E-state index in [1.54, 1.807) is 0 Å². The van der Waals surface area contributed by atoms with E-state index in [0.29, 0.717) is 44.1 Å². The monoisotopic (exact) mass is 382 g/mol. The van der Waals surface area contributed by atoms with Crippen LogP contribution in [0, 0.1) is 5.92 Å². The van der Waals surface area contributed by atoms with Crippen LogP contribution < -0.4 is 15.2 Å². The van der Waals surface area contributed by atoms with E-state index in [0.717, 1.165) is 0 Å². The summed E-state index contributed by atoms with van der Waals surface area (Å²) in [5.41, 5.74) is 5.47. The minimum Gasteiger partial charge on any atom is -0.486 e. The van der Waals surface area contributed by atoms with Gasteiger partial charge in [-0.15, -0.1) is 0 Å². The van der Waals surface area contributed by atoms with Gasteiger partial charge in [0.2, 0.25) is 5.91 Å². The Kier molecular flexibility index (Phi) is 5.51. The number of hydrogen-bond donors (Lipinski definition) is 1. The van der Waals surface area contributed by atoms with Crippen molar-refractivity contribution in [2.45, 2.75) is 12.8 Å². The first-order chi connectivity index (χ1) is 12.5. The molecule has 26 heavy (non-hydrogen) atoms. The lowest BCUT2D eigenvalue weighted by Gasteiger charge is -2.31. The van der Waals surface area contributed by atoms with Crippen LogP contribution in [0.3, 0.4) is 0 Å². The number of carbonyl (C=O) groups is 3. The Hall–Kier alpha value is -2.48. The third kappa shape index (κ3) is 4.01. The predicted molar refractivity (Wildman–Crippen MR) is 91.2 cm³/mol. The minimum atomic E-state index is -0.694. The number of benzene rings is 1. The second kappa shape index (κ2) is 7.82. The summed E-state index contributed by atoms with van der Waals surface area (Å²) < 4.78 is 15.9. The van der Waals surface area contributed by atoms with Crippen molar-refractivity contribution in [1.29, 1.82) is 0 Å². The van der Waals surface area contributed by atoms with Crippen molar-refractivity contribution >= 4 is 29.4 Å². The number of amides is 2. The second-order valence-electron chi connectivity index (χ2n) is 6.14. The Morgan fingerprint density at radius 2 is 2.04 bits per heavy atom. The number of carbonyl (C=O) groups excluding carboxylic acids is 3. The fraction of sp³-hybridized carbons (Fsp3) is 0.471. The number of halogens is 1. The highest BCUT2D eigenvalue weighted by Crippen LogP contribution is 2.38. The zero-order chi connectivity index (χ0) is 18.7. The molecule has 0 bridgehead atoms. The van der Waals surface area contributed by atoms with Crippen LogP contribution in [0.4, 0.5) is 0 Å². The molecule has 0 unspecified atom stereocenters. The van der Waals surface area contributed by atoms with Crippen LogP contribution >= 0.6 is 11.6 Å². The van der Waals surface area contributed by atoms with Crippen molar-refractivity contribution in [2.75, 3.05) is 32.9 Å². The van der Waals surface area contributed by atoms with Crippen LogP contribution in [0.1, 0.15) is 23.2 Å². The summed E-state index contributed by atoms with van der Waals surface area (Å²) in [6.07, 6.45) is 1.35. The molecule has 2 N–H and O–H groups in total. The molecule has 0 aromatic heterocycles. The number of nitrogens with two attached hydrogens (primary N) is 1. The molecule has 8 nitrogen and oxygen atoms in total. The van der Waals surface area contributed by atoms with Crippen molar-refractivity contribution in [3.8, 4) is 11.5 Å². The van der Waals surface area contributed by atoms with E-state index >= 15 is 0 Å². The number of nitrogens with zero attached hydrogens (tertiary/aromatic N) is 1. The SMILES string of the molecule is NC(=O)[C@@H]1CCCN(C(=O)COC(=O)c2cc(Cl)c3c(c2)OCCO3)C1. The van der Waals surface area contributed by atoms with Crippen LogP contribution in [0.15, 0.2) is 12.1 Å². The second-order valence-corrected chi connectivity index (χ2v) is 6.55. The van der Waals surface area contributed by atoms with E-state index in [9.17, 15) is 14.4 Å². The lowest BCUT2D eigenvalue weighted by Crippen LogP contribution is -2.45. The topological polar surface area (TPSA) is 108 Å². The molecule has 0 radical (unpaired) electrons. The van der Waals surface area contributed by atoms with Gasteiger partial charge >= 0.3 is 5.97 Å². The smallest absolute Gasteiger partial charge is 0.338 e. The van der Waals surface area contributed by atoms with Crippen molar-refractivity contribution in [3.05, 3.63) is 22.7 Å². The number of hydrogen-bond acceptors (Lipinski definition) is 6. The van der Waals surface area contributed by atoms with E-state index in [1.165, 1.54) is 17.0 Å². The number of likely N-dealkylation sites (tertiary alicyclic amines) is 1. The van der Waals surface area contributed by atoms with Gasteiger partial charge < -0.3 is 24.8 Å². The van der Waals surface area contributed by atoms with Gasteiger partial charge in [0.05, 0.1) is 16.5 Å². The Labute approximate surface area is 155 Å². The zero-order valence-corrected chi connectivity index (χ0v) is 14.8. The summed E-state index contributed by atoms with van der Waals surface area (Å²) in [5.74, 6) is -1.10. The number of piperidine rings is 1. The molecular formula is C17H19ClN2O6. The van der Waals surface area contributed by atoms with Crippen LogP contribution in [0.25, 0.3) is 0 Å². The van der Waals surface area contributed by atoms with Gasteiger partial charge in [0.25, 0.3) is 5.91 Å². The average Bonchev–Trinajstić information content (AvgIpc) is 2.65. The van der Waals surface area contributed by atoms with Gasteiger partial charge in [-0.05, 0) is 25.0 Å². The summed E-state index contributed by atoms with van der Waals surface area (Å²) in [4.78, 5) is 37.2. The highest BCUT2D eigenvalue weighted by atomic mass is 35.5. The summed E-state index contributed by atoms with van der Waals surface area (Å²) in [5, 5.41) is 0.237. The lowest BCUT2D eigenvalue weighted by molar-refractivity contribution is -0.137. The van der Waals surface area contributed by atoms with Crippen molar-refractivity contribution < 1.29 is 28.6 Å². The van der Waals surface area contributed by atoms with Crippen LogP contribution in [-0.2, 0) is 14.3 Å². The molecule has 140 valence electrons. The number of esters is 1. The number of rotatable bonds is 4. The van der Waals surface area contributed by atoms with Gasteiger partial charge in [0.1, 0.15) is 13.2 Å². The number of primary amides is 1. The zero-order valence-electron chi connectivity index (χ0n) is 14.0. The molecule has 3 rings (SSSR count). The van der Waals surface area contributed by atoms with Crippen molar-refractivity contribution in [3.63, 3.8) is 0 Å². The minimum absolute atomic E-state index is 0.167. The normalized spacial score (nSPS) is 19.0. The van der Waals surface area contributed by atoms with Gasteiger partial charge in [-0.1, -0.05) is 11.6 Å². The molecule has 1 aromatic carbocycles.